The van der Waals surface area contributed by atoms with Crippen molar-refractivity contribution in [3.8, 4) is 10.6 Å². The first kappa shape index (κ1) is 14.7. The van der Waals surface area contributed by atoms with Gasteiger partial charge in [-0.05, 0) is 24.3 Å². The van der Waals surface area contributed by atoms with Gasteiger partial charge in [-0.15, -0.1) is 22.0 Å². The minimum absolute atomic E-state index is 0.719. The molecule has 2 heterocycles. The Hall–Kier alpha value is -1.89. The molecule has 4 rings (SSSR count). The number of halogens is 1. The van der Waals surface area contributed by atoms with Gasteiger partial charge in [0.1, 0.15) is 5.01 Å². The summed E-state index contributed by atoms with van der Waals surface area (Å²) >= 11 is 9.18. The third-order valence-corrected chi connectivity index (χ3v) is 5.47. The van der Waals surface area contributed by atoms with Gasteiger partial charge in [-0.2, -0.15) is 9.61 Å². The van der Waals surface area contributed by atoms with Crippen molar-refractivity contribution in [2.24, 2.45) is 0 Å². The lowest BCUT2D eigenvalue weighted by Gasteiger charge is -1.98. The van der Waals surface area contributed by atoms with E-state index in [1.807, 2.05) is 47.0 Å². The molecule has 0 aliphatic heterocycles. The van der Waals surface area contributed by atoms with Crippen LogP contribution in [0.25, 0.3) is 15.5 Å². The molecule has 4 aromatic rings. The molecule has 0 atom stereocenters. The van der Waals surface area contributed by atoms with Crippen molar-refractivity contribution in [3.05, 3.63) is 65.4 Å². The van der Waals surface area contributed by atoms with Crippen molar-refractivity contribution < 1.29 is 0 Å². The molecule has 2 aromatic heterocycles. The standard InChI is InChI=1S/C16H11ClN4S2/c17-12-8-6-11(7-9-12)15-20-21-14(18-19-16(21)23-15)10-22-13-4-2-1-3-5-13/h1-9H,10H2. The molecule has 0 amide bonds. The fourth-order valence-corrected chi connectivity index (χ4v) is 3.94. The topological polar surface area (TPSA) is 43.1 Å². The lowest BCUT2D eigenvalue weighted by Crippen LogP contribution is -1.94. The Kier molecular flexibility index (Phi) is 4.03. The van der Waals surface area contributed by atoms with Crippen molar-refractivity contribution in [3.63, 3.8) is 0 Å². The summed E-state index contributed by atoms with van der Waals surface area (Å²) in [5, 5.41) is 14.7. The van der Waals surface area contributed by atoms with E-state index < -0.39 is 0 Å². The number of fused-ring (bicyclic) bond motifs is 1. The number of hydrogen-bond donors (Lipinski definition) is 0. The van der Waals surface area contributed by atoms with Crippen LogP contribution in [0.15, 0.2) is 59.5 Å². The van der Waals surface area contributed by atoms with Gasteiger partial charge in [0.05, 0.1) is 5.75 Å². The summed E-state index contributed by atoms with van der Waals surface area (Å²) < 4.78 is 1.82. The van der Waals surface area contributed by atoms with E-state index in [1.165, 1.54) is 16.2 Å². The summed E-state index contributed by atoms with van der Waals surface area (Å²) in [6, 6.07) is 17.9. The highest BCUT2D eigenvalue weighted by atomic mass is 35.5. The van der Waals surface area contributed by atoms with Crippen LogP contribution in [0.5, 0.6) is 0 Å². The minimum atomic E-state index is 0.719. The molecule has 0 bridgehead atoms. The maximum Gasteiger partial charge on any atom is 0.235 e. The molecule has 7 heteroatoms. The Balaban J connectivity index is 1.60. The van der Waals surface area contributed by atoms with Gasteiger partial charge in [-0.25, -0.2) is 0 Å². The third-order valence-electron chi connectivity index (χ3n) is 3.26. The van der Waals surface area contributed by atoms with Gasteiger partial charge in [0, 0.05) is 15.5 Å². The highest BCUT2D eigenvalue weighted by Crippen LogP contribution is 2.28. The average Bonchev–Trinajstić information content (AvgIpc) is 3.15. The Morgan fingerprint density at radius 3 is 2.57 bits per heavy atom. The van der Waals surface area contributed by atoms with E-state index in [2.05, 4.69) is 27.4 Å². The first-order valence-electron chi connectivity index (χ1n) is 6.94. The maximum absolute atomic E-state index is 5.93. The predicted octanol–water partition coefficient (Wildman–Crippen LogP) is 4.80. The molecular weight excluding hydrogens is 348 g/mol. The normalized spacial score (nSPS) is 11.2. The van der Waals surface area contributed by atoms with Gasteiger partial charge in [0.2, 0.25) is 4.96 Å². The molecule has 23 heavy (non-hydrogen) atoms. The lowest BCUT2D eigenvalue weighted by molar-refractivity contribution is 0.887. The maximum atomic E-state index is 5.93. The van der Waals surface area contributed by atoms with Crippen molar-refractivity contribution in [2.45, 2.75) is 10.6 Å². The monoisotopic (exact) mass is 358 g/mol. The van der Waals surface area contributed by atoms with E-state index in [0.717, 1.165) is 32.1 Å². The van der Waals surface area contributed by atoms with Crippen LogP contribution < -0.4 is 0 Å². The van der Waals surface area contributed by atoms with Gasteiger partial charge in [0.15, 0.2) is 5.82 Å². The van der Waals surface area contributed by atoms with Crippen LogP contribution in [0.2, 0.25) is 5.02 Å². The Labute approximate surface area is 146 Å². The van der Waals surface area contributed by atoms with E-state index in [-0.39, 0.29) is 0 Å². The number of nitrogens with zero attached hydrogens (tertiary/aromatic N) is 4. The molecule has 4 nitrogen and oxygen atoms in total. The second-order valence-electron chi connectivity index (χ2n) is 4.83. The largest absolute Gasteiger partial charge is 0.235 e. The molecule has 0 fully saturated rings. The zero-order valence-electron chi connectivity index (χ0n) is 11.9. The van der Waals surface area contributed by atoms with E-state index in [9.17, 15) is 0 Å². The average molecular weight is 359 g/mol. The van der Waals surface area contributed by atoms with Crippen LogP contribution in [-0.4, -0.2) is 19.8 Å². The van der Waals surface area contributed by atoms with Crippen LogP contribution in [0.3, 0.4) is 0 Å². The van der Waals surface area contributed by atoms with Gasteiger partial charge in [-0.3, -0.25) is 0 Å². The SMILES string of the molecule is Clc1ccc(-c2nn3c(CSc4ccccc4)nnc3s2)cc1. The molecule has 0 N–H and O–H groups in total. The Morgan fingerprint density at radius 1 is 1.00 bits per heavy atom. The van der Waals surface area contributed by atoms with E-state index >= 15 is 0 Å². The molecule has 0 aliphatic carbocycles. The molecule has 2 aromatic carbocycles. The number of thioether (sulfide) groups is 1. The fourth-order valence-electron chi connectivity index (χ4n) is 2.12. The van der Waals surface area contributed by atoms with E-state index in [1.54, 1.807) is 11.8 Å². The van der Waals surface area contributed by atoms with E-state index in [0.29, 0.717) is 0 Å². The zero-order chi connectivity index (χ0) is 15.6. The summed E-state index contributed by atoms with van der Waals surface area (Å²) in [5.41, 5.74) is 1.03. The highest BCUT2D eigenvalue weighted by molar-refractivity contribution is 7.98. The third kappa shape index (κ3) is 3.10. The molecular formula is C16H11ClN4S2. The van der Waals surface area contributed by atoms with Gasteiger partial charge >= 0.3 is 0 Å². The molecule has 0 saturated heterocycles. The van der Waals surface area contributed by atoms with Crippen LogP contribution in [0.4, 0.5) is 0 Å². The van der Waals surface area contributed by atoms with Crippen molar-refractivity contribution in [1.29, 1.82) is 0 Å². The smallest absolute Gasteiger partial charge is 0.186 e. The number of rotatable bonds is 4. The zero-order valence-corrected chi connectivity index (χ0v) is 14.3. The lowest BCUT2D eigenvalue weighted by atomic mass is 10.2. The highest BCUT2D eigenvalue weighted by Gasteiger charge is 2.13. The van der Waals surface area contributed by atoms with Crippen LogP contribution in [0.1, 0.15) is 5.82 Å². The Bertz CT molecular complexity index is 932. The van der Waals surface area contributed by atoms with Crippen LogP contribution in [-0.2, 0) is 5.75 Å². The summed E-state index contributed by atoms with van der Waals surface area (Å²) in [7, 11) is 0. The summed E-state index contributed by atoms with van der Waals surface area (Å²) in [6.07, 6.45) is 0. The van der Waals surface area contributed by atoms with Crippen molar-refractivity contribution in [2.75, 3.05) is 0 Å². The molecule has 0 saturated carbocycles. The molecule has 0 unspecified atom stereocenters. The number of benzene rings is 2. The van der Waals surface area contributed by atoms with Crippen LogP contribution in [0, 0.1) is 0 Å². The van der Waals surface area contributed by atoms with E-state index in [4.69, 9.17) is 11.6 Å². The minimum Gasteiger partial charge on any atom is -0.186 e. The molecule has 114 valence electrons. The second kappa shape index (κ2) is 6.31. The van der Waals surface area contributed by atoms with Crippen molar-refractivity contribution >= 4 is 39.7 Å². The Morgan fingerprint density at radius 2 is 1.78 bits per heavy atom. The van der Waals surface area contributed by atoms with Gasteiger partial charge < -0.3 is 0 Å². The first-order valence-corrected chi connectivity index (χ1v) is 9.12. The van der Waals surface area contributed by atoms with Crippen molar-refractivity contribution in [1.82, 2.24) is 19.8 Å². The quantitative estimate of drug-likeness (QED) is 0.491. The summed E-state index contributed by atoms with van der Waals surface area (Å²) in [5.74, 6) is 1.58. The number of aromatic nitrogens is 4. The fraction of sp³-hybridized carbons (Fsp3) is 0.0625. The molecule has 0 spiro atoms. The molecule has 0 aliphatic rings. The van der Waals surface area contributed by atoms with Gasteiger partial charge in [0.25, 0.3) is 0 Å². The summed E-state index contributed by atoms with van der Waals surface area (Å²) in [6.45, 7) is 0. The second-order valence-corrected chi connectivity index (χ2v) is 7.27. The molecule has 0 radical (unpaired) electrons. The predicted molar refractivity (Wildman–Crippen MR) is 95.1 cm³/mol. The summed E-state index contributed by atoms with van der Waals surface area (Å²) in [4.78, 5) is 2.01. The van der Waals surface area contributed by atoms with Gasteiger partial charge in [-0.1, -0.05) is 53.3 Å². The van der Waals surface area contributed by atoms with Crippen LogP contribution >= 0.6 is 34.7 Å². The number of hydrogen-bond acceptors (Lipinski definition) is 5. The first-order chi connectivity index (χ1) is 11.3.